The summed E-state index contributed by atoms with van der Waals surface area (Å²) >= 11 is 0. The van der Waals surface area contributed by atoms with Gasteiger partial charge in [-0.1, -0.05) is 0 Å². The van der Waals surface area contributed by atoms with E-state index in [2.05, 4.69) is 0 Å². The van der Waals surface area contributed by atoms with Gasteiger partial charge in [0.1, 0.15) is 0 Å². The van der Waals surface area contributed by atoms with E-state index < -0.39 is 4.92 Å². The van der Waals surface area contributed by atoms with Crippen LogP contribution in [0, 0.1) is 10.1 Å². The summed E-state index contributed by atoms with van der Waals surface area (Å²) in [6, 6.07) is 2.77. The quantitative estimate of drug-likeness (QED) is 0.573. The minimum atomic E-state index is -0.523. The second-order valence-electron chi connectivity index (χ2n) is 4.69. The summed E-state index contributed by atoms with van der Waals surface area (Å²) in [6.45, 7) is 3.37. The lowest BCUT2D eigenvalue weighted by molar-refractivity contribution is -0.391. The summed E-state index contributed by atoms with van der Waals surface area (Å²) < 4.78 is 1.28. The maximum atomic E-state index is 12.3. The van der Waals surface area contributed by atoms with Crippen LogP contribution in [0.1, 0.15) is 17.4 Å². The monoisotopic (exact) mass is 280 g/mol. The largest absolute Gasteiger partial charge is 0.358 e. The molecule has 1 aliphatic rings. The molecular weight excluding hydrogens is 264 g/mol. The molecule has 0 radical (unpaired) electrons. The van der Waals surface area contributed by atoms with E-state index in [4.69, 9.17) is 0 Å². The second kappa shape index (κ2) is 5.32. The SMILES string of the molecule is CC(=O)N1CCN(C(=O)c2ccc([N+](=O)[O-])n2C)CC1. The molecule has 0 aromatic carbocycles. The van der Waals surface area contributed by atoms with Crippen LogP contribution in [0.25, 0.3) is 0 Å². The van der Waals surface area contributed by atoms with Crippen LogP contribution in [-0.4, -0.2) is 57.3 Å². The summed E-state index contributed by atoms with van der Waals surface area (Å²) in [7, 11) is 1.50. The molecule has 8 heteroatoms. The Morgan fingerprint density at radius 3 is 2.15 bits per heavy atom. The number of hydrogen-bond acceptors (Lipinski definition) is 4. The summed E-state index contributed by atoms with van der Waals surface area (Å²) in [5, 5.41) is 10.8. The molecule has 1 aromatic rings. The highest BCUT2D eigenvalue weighted by Gasteiger charge is 2.28. The fourth-order valence-electron chi connectivity index (χ4n) is 2.29. The highest BCUT2D eigenvalue weighted by atomic mass is 16.6. The van der Waals surface area contributed by atoms with Crippen molar-refractivity contribution in [1.29, 1.82) is 0 Å². The number of nitro groups is 1. The van der Waals surface area contributed by atoms with Crippen LogP contribution in [-0.2, 0) is 11.8 Å². The fraction of sp³-hybridized carbons (Fsp3) is 0.500. The van der Waals surface area contributed by atoms with Crippen LogP contribution in [0.5, 0.6) is 0 Å². The standard InChI is InChI=1S/C12H16N4O4/c1-9(17)14-5-7-15(8-6-14)12(18)10-3-4-11(13(10)2)16(19)20/h3-4H,5-8H2,1-2H3. The average molecular weight is 280 g/mol. The van der Waals surface area contributed by atoms with Crippen molar-refractivity contribution >= 4 is 17.6 Å². The Hall–Kier alpha value is -2.38. The van der Waals surface area contributed by atoms with Crippen molar-refractivity contribution in [3.63, 3.8) is 0 Å². The molecule has 2 rings (SSSR count). The predicted molar refractivity (Wildman–Crippen MR) is 70.2 cm³/mol. The molecule has 2 amide bonds. The lowest BCUT2D eigenvalue weighted by Crippen LogP contribution is -2.50. The Morgan fingerprint density at radius 2 is 1.70 bits per heavy atom. The van der Waals surface area contributed by atoms with Crippen molar-refractivity contribution in [3.8, 4) is 0 Å². The van der Waals surface area contributed by atoms with Crippen LogP contribution >= 0.6 is 0 Å². The van der Waals surface area contributed by atoms with Crippen molar-refractivity contribution in [1.82, 2.24) is 14.4 Å². The van der Waals surface area contributed by atoms with Gasteiger partial charge in [-0.15, -0.1) is 0 Å². The Labute approximate surface area is 115 Å². The van der Waals surface area contributed by atoms with Gasteiger partial charge in [-0.3, -0.25) is 9.59 Å². The number of aromatic nitrogens is 1. The number of hydrogen-bond donors (Lipinski definition) is 0. The summed E-state index contributed by atoms with van der Waals surface area (Å²) in [5.74, 6) is -0.369. The molecule has 1 aromatic heterocycles. The van der Waals surface area contributed by atoms with Gasteiger partial charge in [-0.25, -0.2) is 4.57 Å². The lowest BCUT2D eigenvalue weighted by Gasteiger charge is -2.33. The first kappa shape index (κ1) is 14.0. The molecule has 20 heavy (non-hydrogen) atoms. The van der Waals surface area contributed by atoms with E-state index in [-0.39, 0.29) is 23.3 Å². The molecule has 0 N–H and O–H groups in total. The highest BCUT2D eigenvalue weighted by molar-refractivity contribution is 5.93. The molecule has 1 fully saturated rings. The molecule has 8 nitrogen and oxygen atoms in total. The Bertz CT molecular complexity index is 558. The van der Waals surface area contributed by atoms with Crippen molar-refractivity contribution < 1.29 is 14.5 Å². The van der Waals surface area contributed by atoms with Gasteiger partial charge in [0.15, 0.2) is 5.69 Å². The van der Waals surface area contributed by atoms with Gasteiger partial charge in [-0.2, -0.15) is 0 Å². The van der Waals surface area contributed by atoms with Crippen LogP contribution in [0.4, 0.5) is 5.82 Å². The zero-order valence-corrected chi connectivity index (χ0v) is 11.4. The molecule has 0 atom stereocenters. The number of carbonyl (C=O) groups excluding carboxylic acids is 2. The minimum Gasteiger partial charge on any atom is -0.358 e. The third-order valence-corrected chi connectivity index (χ3v) is 3.51. The summed E-state index contributed by atoms with van der Waals surface area (Å²) in [4.78, 5) is 37.1. The lowest BCUT2D eigenvalue weighted by atomic mass is 10.2. The molecule has 2 heterocycles. The van der Waals surface area contributed by atoms with E-state index in [1.54, 1.807) is 9.80 Å². The zero-order valence-electron chi connectivity index (χ0n) is 11.4. The zero-order chi connectivity index (χ0) is 14.9. The number of carbonyl (C=O) groups is 2. The molecule has 1 saturated heterocycles. The van der Waals surface area contributed by atoms with Crippen molar-refractivity contribution in [2.45, 2.75) is 6.92 Å². The van der Waals surface area contributed by atoms with Crippen LogP contribution in [0.15, 0.2) is 12.1 Å². The molecule has 0 unspecified atom stereocenters. The molecule has 0 aliphatic carbocycles. The van der Waals surface area contributed by atoms with Gasteiger partial charge in [0.05, 0.1) is 7.05 Å². The number of amides is 2. The Balaban J connectivity index is 2.10. The highest BCUT2D eigenvalue weighted by Crippen LogP contribution is 2.17. The van der Waals surface area contributed by atoms with Crippen LogP contribution < -0.4 is 0 Å². The van der Waals surface area contributed by atoms with Gasteiger partial charge >= 0.3 is 5.82 Å². The summed E-state index contributed by atoms with van der Waals surface area (Å²) in [6.07, 6.45) is 0. The fourth-order valence-corrected chi connectivity index (χ4v) is 2.29. The van der Waals surface area contributed by atoms with Crippen molar-refractivity contribution in [2.24, 2.45) is 7.05 Å². The summed E-state index contributed by atoms with van der Waals surface area (Å²) in [5.41, 5.74) is 0.285. The molecular formula is C12H16N4O4. The van der Waals surface area contributed by atoms with E-state index in [0.717, 1.165) is 0 Å². The van der Waals surface area contributed by atoms with E-state index in [1.807, 2.05) is 0 Å². The molecule has 0 saturated carbocycles. The topological polar surface area (TPSA) is 88.7 Å². The second-order valence-corrected chi connectivity index (χ2v) is 4.69. The van der Waals surface area contributed by atoms with Gasteiger partial charge in [0, 0.05) is 39.2 Å². The van der Waals surface area contributed by atoms with E-state index >= 15 is 0 Å². The van der Waals surface area contributed by atoms with Crippen LogP contribution in [0.3, 0.4) is 0 Å². The van der Waals surface area contributed by atoms with Gasteiger partial charge in [0.25, 0.3) is 5.91 Å². The van der Waals surface area contributed by atoms with Gasteiger partial charge in [-0.05, 0) is 11.0 Å². The molecule has 1 aliphatic heterocycles. The first-order valence-corrected chi connectivity index (χ1v) is 6.26. The van der Waals surface area contributed by atoms with E-state index in [9.17, 15) is 19.7 Å². The maximum absolute atomic E-state index is 12.3. The average Bonchev–Trinajstić information content (AvgIpc) is 2.80. The molecule has 108 valence electrons. The van der Waals surface area contributed by atoms with Crippen molar-refractivity contribution in [2.75, 3.05) is 26.2 Å². The van der Waals surface area contributed by atoms with Gasteiger partial charge < -0.3 is 19.9 Å². The number of nitrogens with zero attached hydrogens (tertiary/aromatic N) is 4. The predicted octanol–water partition coefficient (Wildman–Crippen LogP) is 0.238. The first-order chi connectivity index (χ1) is 9.41. The van der Waals surface area contributed by atoms with Crippen molar-refractivity contribution in [3.05, 3.63) is 27.9 Å². The molecule has 0 bridgehead atoms. The Morgan fingerprint density at radius 1 is 1.15 bits per heavy atom. The third kappa shape index (κ3) is 2.49. The number of piperazine rings is 1. The van der Waals surface area contributed by atoms with E-state index in [1.165, 1.54) is 30.7 Å². The normalized spacial score (nSPS) is 15.3. The maximum Gasteiger partial charge on any atom is 0.323 e. The minimum absolute atomic E-state index is 0.00777. The smallest absolute Gasteiger partial charge is 0.323 e. The third-order valence-electron chi connectivity index (χ3n) is 3.51. The number of rotatable bonds is 2. The first-order valence-electron chi connectivity index (χ1n) is 6.26. The van der Waals surface area contributed by atoms with Gasteiger partial charge in [0.2, 0.25) is 5.91 Å². The Kier molecular flexibility index (Phi) is 3.73. The molecule has 0 spiro atoms. The van der Waals surface area contributed by atoms with Crippen LogP contribution in [0.2, 0.25) is 0 Å². The van der Waals surface area contributed by atoms with E-state index in [0.29, 0.717) is 26.2 Å².